The Balaban J connectivity index is 2.46. The van der Waals surface area contributed by atoms with Crippen LogP contribution in [0.1, 0.15) is 21.5 Å². The number of rotatable bonds is 3. The van der Waals surface area contributed by atoms with Crippen LogP contribution < -0.4 is 16.2 Å². The van der Waals surface area contributed by atoms with Gasteiger partial charge in [-0.2, -0.15) is 0 Å². The Morgan fingerprint density at radius 2 is 1.90 bits per heavy atom. The van der Waals surface area contributed by atoms with Crippen molar-refractivity contribution in [3.05, 3.63) is 52.8 Å². The van der Waals surface area contributed by atoms with Crippen LogP contribution in [0.25, 0.3) is 0 Å². The molecule has 0 bridgehead atoms. The number of nitrogen functional groups attached to an aromatic ring is 1. The molecule has 0 aliphatic heterocycles. The fourth-order valence-electron chi connectivity index (χ4n) is 1.81. The van der Waals surface area contributed by atoms with Crippen LogP contribution in [-0.2, 0) is 0 Å². The van der Waals surface area contributed by atoms with Gasteiger partial charge in [-0.1, -0.05) is 12.1 Å². The van der Waals surface area contributed by atoms with Gasteiger partial charge in [0.1, 0.15) is 5.75 Å². The summed E-state index contributed by atoms with van der Waals surface area (Å²) in [5.74, 6) is -0.937. The molecule has 0 aliphatic rings. The van der Waals surface area contributed by atoms with Crippen LogP contribution in [0.2, 0.25) is 0 Å². The second kappa shape index (κ2) is 5.21. The van der Waals surface area contributed by atoms with Crippen molar-refractivity contribution in [3.8, 4) is 11.5 Å². The molecule has 0 fully saturated rings. The van der Waals surface area contributed by atoms with Gasteiger partial charge in [0, 0.05) is 11.8 Å². The van der Waals surface area contributed by atoms with E-state index in [1.54, 1.807) is 6.07 Å². The van der Waals surface area contributed by atoms with Crippen molar-refractivity contribution in [2.24, 2.45) is 5.73 Å². The van der Waals surface area contributed by atoms with Crippen LogP contribution in [0.5, 0.6) is 11.5 Å². The average Bonchev–Trinajstić information content (AvgIpc) is 2.37. The normalized spacial score (nSPS) is 10.3. The number of carbonyl (C=O) groups excluding carboxylic acids is 1. The molecule has 20 heavy (non-hydrogen) atoms. The second-order valence-corrected chi connectivity index (χ2v) is 4.53. The van der Waals surface area contributed by atoms with E-state index in [2.05, 4.69) is 0 Å². The van der Waals surface area contributed by atoms with E-state index in [1.165, 1.54) is 6.07 Å². The number of nitrogens with two attached hydrogens (primary N) is 2. The number of anilines is 1. The molecular formula is C15H15FN2O2. The molecule has 0 aromatic heterocycles. The fourth-order valence-corrected chi connectivity index (χ4v) is 1.81. The second-order valence-electron chi connectivity index (χ2n) is 4.53. The van der Waals surface area contributed by atoms with Crippen molar-refractivity contribution >= 4 is 11.6 Å². The summed E-state index contributed by atoms with van der Waals surface area (Å²) < 4.78 is 19.4. The fraction of sp³-hybridized carbons (Fsp3) is 0.133. The standard InChI is InChI=1S/C15H15FN2O2/c1-8-4-3-5-13(9(8)2)20-14-6-10(15(18)19)12(17)7-11(14)16/h3-7H,17H2,1-2H3,(H2,18,19). The zero-order chi connectivity index (χ0) is 14.9. The van der Waals surface area contributed by atoms with Crippen molar-refractivity contribution in [2.75, 3.05) is 5.73 Å². The van der Waals surface area contributed by atoms with E-state index in [4.69, 9.17) is 16.2 Å². The summed E-state index contributed by atoms with van der Waals surface area (Å²) in [5, 5.41) is 0. The Hall–Kier alpha value is -2.56. The molecule has 1 amide bonds. The minimum atomic E-state index is -0.728. The molecule has 5 heteroatoms. The number of halogens is 1. The third-order valence-corrected chi connectivity index (χ3v) is 3.14. The van der Waals surface area contributed by atoms with Crippen molar-refractivity contribution in [3.63, 3.8) is 0 Å². The van der Waals surface area contributed by atoms with Crippen LogP contribution in [0.15, 0.2) is 30.3 Å². The number of hydrogen-bond acceptors (Lipinski definition) is 3. The van der Waals surface area contributed by atoms with E-state index >= 15 is 0 Å². The van der Waals surface area contributed by atoms with Crippen molar-refractivity contribution in [1.29, 1.82) is 0 Å². The Labute approximate surface area is 116 Å². The predicted molar refractivity (Wildman–Crippen MR) is 75.3 cm³/mol. The summed E-state index contributed by atoms with van der Waals surface area (Å²) >= 11 is 0. The van der Waals surface area contributed by atoms with Crippen LogP contribution in [-0.4, -0.2) is 5.91 Å². The molecule has 0 saturated carbocycles. The largest absolute Gasteiger partial charge is 0.454 e. The molecular weight excluding hydrogens is 259 g/mol. The van der Waals surface area contributed by atoms with Gasteiger partial charge in [0.05, 0.1) is 5.56 Å². The number of hydrogen-bond donors (Lipinski definition) is 2. The van der Waals surface area contributed by atoms with Gasteiger partial charge in [-0.3, -0.25) is 4.79 Å². The molecule has 0 aliphatic carbocycles. The number of primary amides is 1. The molecule has 2 aromatic rings. The number of carbonyl (C=O) groups is 1. The smallest absolute Gasteiger partial charge is 0.250 e. The van der Waals surface area contributed by atoms with Crippen molar-refractivity contribution in [2.45, 2.75) is 13.8 Å². The summed E-state index contributed by atoms with van der Waals surface area (Å²) in [6.45, 7) is 3.80. The Kier molecular flexibility index (Phi) is 3.61. The molecule has 2 aromatic carbocycles. The predicted octanol–water partition coefficient (Wildman–Crippen LogP) is 2.92. The summed E-state index contributed by atoms with van der Waals surface area (Å²) in [5.41, 5.74) is 12.7. The van der Waals surface area contributed by atoms with Gasteiger partial charge in [-0.15, -0.1) is 0 Å². The van der Waals surface area contributed by atoms with E-state index < -0.39 is 11.7 Å². The maximum absolute atomic E-state index is 13.9. The molecule has 0 atom stereocenters. The zero-order valence-corrected chi connectivity index (χ0v) is 11.2. The third kappa shape index (κ3) is 2.56. The Morgan fingerprint density at radius 3 is 2.55 bits per heavy atom. The summed E-state index contributed by atoms with van der Waals surface area (Å²) in [4.78, 5) is 11.2. The van der Waals surface area contributed by atoms with Gasteiger partial charge < -0.3 is 16.2 Å². The highest BCUT2D eigenvalue weighted by Crippen LogP contribution is 2.31. The van der Waals surface area contributed by atoms with Gasteiger partial charge in [0.15, 0.2) is 11.6 Å². The lowest BCUT2D eigenvalue weighted by Gasteiger charge is -2.12. The van der Waals surface area contributed by atoms with E-state index in [1.807, 2.05) is 26.0 Å². The topological polar surface area (TPSA) is 78.3 Å². The minimum Gasteiger partial charge on any atom is -0.454 e. The number of amides is 1. The lowest BCUT2D eigenvalue weighted by molar-refractivity contribution is 0.100. The molecule has 2 rings (SSSR count). The van der Waals surface area contributed by atoms with Gasteiger partial charge in [0.2, 0.25) is 0 Å². The lowest BCUT2D eigenvalue weighted by atomic mass is 10.1. The maximum Gasteiger partial charge on any atom is 0.250 e. The van der Waals surface area contributed by atoms with Gasteiger partial charge in [0.25, 0.3) is 5.91 Å². The first kappa shape index (κ1) is 13.9. The molecule has 0 spiro atoms. The highest BCUT2D eigenvalue weighted by atomic mass is 19.1. The molecule has 4 nitrogen and oxygen atoms in total. The lowest BCUT2D eigenvalue weighted by Crippen LogP contribution is -2.14. The van der Waals surface area contributed by atoms with Crippen molar-refractivity contribution in [1.82, 2.24) is 0 Å². The van der Waals surface area contributed by atoms with E-state index in [-0.39, 0.29) is 17.0 Å². The first-order valence-corrected chi connectivity index (χ1v) is 6.03. The first-order chi connectivity index (χ1) is 9.40. The highest BCUT2D eigenvalue weighted by molar-refractivity contribution is 5.98. The van der Waals surface area contributed by atoms with E-state index in [0.717, 1.165) is 17.2 Å². The van der Waals surface area contributed by atoms with Crippen molar-refractivity contribution < 1.29 is 13.9 Å². The number of aryl methyl sites for hydroxylation is 1. The highest BCUT2D eigenvalue weighted by Gasteiger charge is 2.14. The minimum absolute atomic E-state index is 0.0108. The SMILES string of the molecule is Cc1cccc(Oc2cc(C(N)=O)c(N)cc2F)c1C. The van der Waals surface area contributed by atoms with Crippen LogP contribution in [0, 0.1) is 19.7 Å². The third-order valence-electron chi connectivity index (χ3n) is 3.14. The first-order valence-electron chi connectivity index (χ1n) is 6.03. The molecule has 4 N–H and O–H groups in total. The van der Waals surface area contributed by atoms with Crippen LogP contribution >= 0.6 is 0 Å². The molecule has 104 valence electrons. The van der Waals surface area contributed by atoms with Crippen LogP contribution in [0.3, 0.4) is 0 Å². The summed E-state index contributed by atoms with van der Waals surface area (Å²) in [6, 6.07) is 7.70. The monoisotopic (exact) mass is 274 g/mol. The van der Waals surface area contributed by atoms with Gasteiger partial charge in [-0.25, -0.2) is 4.39 Å². The zero-order valence-electron chi connectivity index (χ0n) is 11.2. The summed E-state index contributed by atoms with van der Waals surface area (Å²) in [7, 11) is 0. The summed E-state index contributed by atoms with van der Waals surface area (Å²) in [6.07, 6.45) is 0. The average molecular weight is 274 g/mol. The quantitative estimate of drug-likeness (QED) is 0.845. The molecule has 0 saturated heterocycles. The molecule has 0 heterocycles. The number of benzene rings is 2. The van der Waals surface area contributed by atoms with Crippen LogP contribution in [0.4, 0.5) is 10.1 Å². The maximum atomic E-state index is 13.9. The van der Waals surface area contributed by atoms with E-state index in [0.29, 0.717) is 5.75 Å². The number of ether oxygens (including phenoxy) is 1. The Bertz CT molecular complexity index is 684. The molecule has 0 unspecified atom stereocenters. The Morgan fingerprint density at radius 1 is 1.20 bits per heavy atom. The molecule has 0 radical (unpaired) electrons. The van der Waals surface area contributed by atoms with Gasteiger partial charge >= 0.3 is 0 Å². The van der Waals surface area contributed by atoms with Gasteiger partial charge in [-0.05, 0) is 37.1 Å². The van der Waals surface area contributed by atoms with E-state index in [9.17, 15) is 9.18 Å².